The lowest BCUT2D eigenvalue weighted by Crippen LogP contribution is -2.39. The van der Waals surface area contributed by atoms with Crippen LogP contribution in [0.1, 0.15) is 33.1 Å². The number of nitrogens with zero attached hydrogens (tertiary/aromatic N) is 4. The minimum atomic E-state index is -0.341. The summed E-state index contributed by atoms with van der Waals surface area (Å²) >= 11 is 6.66. The van der Waals surface area contributed by atoms with Crippen molar-refractivity contribution in [3.05, 3.63) is 39.8 Å². The molecule has 1 saturated heterocycles. The highest BCUT2D eigenvalue weighted by molar-refractivity contribution is 6.32. The molecular weight excluding hydrogens is 454 g/mol. The first kappa shape index (κ1) is 26.0. The number of piperidine rings is 1. The lowest BCUT2D eigenvalue weighted by atomic mass is 9.94. The van der Waals surface area contributed by atoms with E-state index in [4.69, 9.17) is 16.3 Å². The number of amides is 1. The largest absolute Gasteiger partial charge is 0.497 e. The van der Waals surface area contributed by atoms with Gasteiger partial charge < -0.3 is 19.9 Å². The maximum atomic E-state index is 13.6. The minimum Gasteiger partial charge on any atom is -0.497 e. The molecule has 0 unspecified atom stereocenters. The fourth-order valence-corrected chi connectivity index (χ4v) is 4.61. The van der Waals surface area contributed by atoms with E-state index in [1.54, 1.807) is 13.2 Å². The molecule has 1 aromatic carbocycles. The first-order valence-corrected chi connectivity index (χ1v) is 12.2. The molecule has 0 aliphatic carbocycles. The predicted molar refractivity (Wildman–Crippen MR) is 137 cm³/mol. The highest BCUT2D eigenvalue weighted by Gasteiger charge is 2.23. The zero-order valence-electron chi connectivity index (χ0n) is 20.8. The Morgan fingerprint density at radius 1 is 1.32 bits per heavy atom. The molecular formula is C25H36ClN5O3. The molecule has 1 aliphatic heterocycles. The van der Waals surface area contributed by atoms with E-state index < -0.39 is 0 Å². The number of methoxy groups -OCH3 is 1. The van der Waals surface area contributed by atoms with Crippen LogP contribution in [0.3, 0.4) is 0 Å². The van der Waals surface area contributed by atoms with Crippen LogP contribution >= 0.6 is 11.6 Å². The third kappa shape index (κ3) is 6.51. The number of aromatic nitrogens is 2. The molecule has 34 heavy (non-hydrogen) atoms. The second-order valence-electron chi connectivity index (χ2n) is 9.38. The van der Waals surface area contributed by atoms with Crippen molar-refractivity contribution in [3.63, 3.8) is 0 Å². The van der Waals surface area contributed by atoms with Gasteiger partial charge >= 0.3 is 0 Å². The molecule has 2 heterocycles. The summed E-state index contributed by atoms with van der Waals surface area (Å²) in [6.07, 6.45) is 3.30. The van der Waals surface area contributed by atoms with Gasteiger partial charge in [0.1, 0.15) is 12.3 Å². The van der Waals surface area contributed by atoms with Gasteiger partial charge in [0, 0.05) is 25.2 Å². The van der Waals surface area contributed by atoms with Crippen molar-refractivity contribution in [1.29, 1.82) is 0 Å². The smallest absolute Gasteiger partial charge is 0.294 e. The molecule has 3 rings (SSSR count). The fraction of sp³-hybridized carbons (Fsp3) is 0.560. The van der Waals surface area contributed by atoms with E-state index in [0.717, 1.165) is 32.4 Å². The Kier molecular flexibility index (Phi) is 8.97. The summed E-state index contributed by atoms with van der Waals surface area (Å²) in [6.45, 7) is 6.51. The van der Waals surface area contributed by atoms with Crippen LogP contribution in [0.4, 0.5) is 5.82 Å². The Morgan fingerprint density at radius 3 is 2.68 bits per heavy atom. The van der Waals surface area contributed by atoms with Gasteiger partial charge in [-0.3, -0.25) is 14.2 Å². The van der Waals surface area contributed by atoms with E-state index >= 15 is 0 Å². The van der Waals surface area contributed by atoms with Crippen molar-refractivity contribution in [2.75, 3.05) is 45.7 Å². The third-order valence-electron chi connectivity index (χ3n) is 6.27. The fourth-order valence-electron chi connectivity index (χ4n) is 4.32. The highest BCUT2D eigenvalue weighted by atomic mass is 35.5. The van der Waals surface area contributed by atoms with Crippen LogP contribution in [0, 0.1) is 5.92 Å². The van der Waals surface area contributed by atoms with E-state index in [0.29, 0.717) is 29.5 Å². The summed E-state index contributed by atoms with van der Waals surface area (Å²) in [5.74, 6) is 1.24. The number of likely N-dealkylation sites (tertiary alicyclic amines) is 1. The molecule has 0 spiro atoms. The number of ether oxygens (including phenoxy) is 1. The van der Waals surface area contributed by atoms with Gasteiger partial charge in [0.15, 0.2) is 11.0 Å². The standard InChI is InChI=1S/C25H36ClN5O3/c1-17(2)27-21(32)16-31-22(19-7-6-8-20(15-19)34-5)23(26)28-24(25(31)33)30(4)14-11-18-9-12-29(3)13-10-18/h6-8,15,17-18H,9-14,16H2,1-5H3,(H,27,32). The van der Waals surface area contributed by atoms with Crippen LogP contribution < -0.4 is 20.5 Å². The molecule has 2 aromatic rings. The third-order valence-corrected chi connectivity index (χ3v) is 6.54. The minimum absolute atomic E-state index is 0.0440. The number of nitrogens with one attached hydrogen (secondary N) is 1. The number of carbonyl (C=O) groups is 1. The van der Waals surface area contributed by atoms with Gasteiger partial charge in [-0.25, -0.2) is 4.98 Å². The Hall–Kier alpha value is -2.58. The van der Waals surface area contributed by atoms with Crippen LogP contribution in [0.2, 0.25) is 5.15 Å². The topological polar surface area (TPSA) is 79.7 Å². The lowest BCUT2D eigenvalue weighted by molar-refractivity contribution is -0.122. The van der Waals surface area contributed by atoms with Gasteiger partial charge in [-0.1, -0.05) is 23.7 Å². The number of benzene rings is 1. The average Bonchev–Trinajstić information content (AvgIpc) is 2.80. The van der Waals surface area contributed by atoms with Crippen molar-refractivity contribution in [2.45, 2.75) is 45.7 Å². The summed E-state index contributed by atoms with van der Waals surface area (Å²) in [4.78, 5) is 35.0. The molecule has 0 bridgehead atoms. The zero-order chi connectivity index (χ0) is 24.8. The molecule has 0 atom stereocenters. The summed E-state index contributed by atoms with van der Waals surface area (Å²) in [7, 11) is 5.58. The summed E-state index contributed by atoms with van der Waals surface area (Å²) in [5, 5.41) is 3.03. The van der Waals surface area contributed by atoms with E-state index in [1.165, 1.54) is 4.57 Å². The average molecular weight is 490 g/mol. The normalized spacial score (nSPS) is 14.9. The van der Waals surface area contributed by atoms with Crippen molar-refractivity contribution < 1.29 is 9.53 Å². The molecule has 1 amide bonds. The molecule has 1 aliphatic rings. The molecule has 1 fully saturated rings. The first-order chi connectivity index (χ1) is 16.2. The highest BCUT2D eigenvalue weighted by Crippen LogP contribution is 2.29. The van der Waals surface area contributed by atoms with Gasteiger partial charge in [-0.15, -0.1) is 0 Å². The van der Waals surface area contributed by atoms with Crippen molar-refractivity contribution in [1.82, 2.24) is 19.8 Å². The Balaban J connectivity index is 1.95. The molecule has 8 nitrogen and oxygen atoms in total. The second kappa shape index (κ2) is 11.7. The Morgan fingerprint density at radius 2 is 2.03 bits per heavy atom. The number of anilines is 1. The maximum Gasteiger partial charge on any atom is 0.294 e. The van der Waals surface area contributed by atoms with E-state index in [9.17, 15) is 9.59 Å². The van der Waals surface area contributed by atoms with Gasteiger partial charge in [0.2, 0.25) is 5.91 Å². The lowest BCUT2D eigenvalue weighted by Gasteiger charge is -2.30. The van der Waals surface area contributed by atoms with Crippen LogP contribution in [0.25, 0.3) is 11.3 Å². The molecule has 0 radical (unpaired) electrons. The van der Waals surface area contributed by atoms with Gasteiger partial charge in [0.05, 0.1) is 12.8 Å². The van der Waals surface area contributed by atoms with Crippen LogP contribution in [0.5, 0.6) is 5.75 Å². The van der Waals surface area contributed by atoms with Crippen LogP contribution in [-0.4, -0.2) is 67.2 Å². The summed E-state index contributed by atoms with van der Waals surface area (Å²) in [5.41, 5.74) is 0.718. The number of rotatable bonds is 9. The monoisotopic (exact) mass is 489 g/mol. The first-order valence-electron chi connectivity index (χ1n) is 11.8. The van der Waals surface area contributed by atoms with E-state index in [-0.39, 0.29) is 35.0 Å². The number of carbonyl (C=O) groups excluding carboxylic acids is 1. The van der Waals surface area contributed by atoms with Crippen molar-refractivity contribution >= 4 is 23.3 Å². The van der Waals surface area contributed by atoms with E-state index in [2.05, 4.69) is 22.2 Å². The zero-order valence-corrected chi connectivity index (χ0v) is 21.6. The SMILES string of the molecule is COc1cccc(-c2c(Cl)nc(N(C)CCC3CCN(C)CC3)c(=O)n2CC(=O)NC(C)C)c1. The predicted octanol–water partition coefficient (Wildman–Crippen LogP) is 3.27. The maximum absolute atomic E-state index is 13.6. The molecule has 1 N–H and O–H groups in total. The van der Waals surface area contributed by atoms with E-state index in [1.807, 2.05) is 44.0 Å². The molecule has 1 aromatic heterocycles. The van der Waals surface area contributed by atoms with Crippen molar-refractivity contribution in [3.8, 4) is 17.0 Å². The second-order valence-corrected chi connectivity index (χ2v) is 9.74. The van der Waals surface area contributed by atoms with Crippen molar-refractivity contribution in [2.24, 2.45) is 5.92 Å². The molecule has 9 heteroatoms. The Labute approximate surface area is 206 Å². The van der Waals surface area contributed by atoms with Gasteiger partial charge in [0.25, 0.3) is 5.56 Å². The Bertz CT molecular complexity index is 1050. The van der Waals surface area contributed by atoms with Crippen LogP contribution in [-0.2, 0) is 11.3 Å². The molecule has 0 saturated carbocycles. The van der Waals surface area contributed by atoms with Gasteiger partial charge in [-0.2, -0.15) is 0 Å². The number of hydrogen-bond donors (Lipinski definition) is 1. The van der Waals surface area contributed by atoms with Gasteiger partial charge in [-0.05, 0) is 71.3 Å². The van der Waals surface area contributed by atoms with Crippen LogP contribution in [0.15, 0.2) is 29.1 Å². The number of halogens is 1. The number of hydrogen-bond acceptors (Lipinski definition) is 6. The summed E-state index contributed by atoms with van der Waals surface area (Å²) in [6, 6.07) is 7.19. The molecule has 186 valence electrons. The summed E-state index contributed by atoms with van der Waals surface area (Å²) < 4.78 is 6.76. The quantitative estimate of drug-likeness (QED) is 0.582.